The number of likely N-dealkylation sites (N-methyl/N-ethyl adjacent to an activating group) is 1. The quantitative estimate of drug-likeness (QED) is 0.829. The zero-order chi connectivity index (χ0) is 16.9. The van der Waals surface area contributed by atoms with Crippen LogP contribution in [0.15, 0.2) is 35.7 Å². The number of amides is 1. The van der Waals surface area contributed by atoms with Gasteiger partial charge in [0.05, 0.1) is 12.6 Å². The zero-order valence-electron chi connectivity index (χ0n) is 13.7. The van der Waals surface area contributed by atoms with E-state index in [2.05, 4.69) is 39.1 Å². The van der Waals surface area contributed by atoms with Gasteiger partial charge in [-0.15, -0.1) is 11.3 Å². The Morgan fingerprint density at radius 3 is 2.88 bits per heavy atom. The first-order valence-electron chi connectivity index (χ1n) is 8.13. The molecule has 2 N–H and O–H groups in total. The maximum absolute atomic E-state index is 11.9. The largest absolute Gasteiger partial charge is 0.353 e. The van der Waals surface area contributed by atoms with E-state index in [9.17, 15) is 4.79 Å². The summed E-state index contributed by atoms with van der Waals surface area (Å²) in [7, 11) is 1.78. The molecule has 1 unspecified atom stereocenters. The third-order valence-electron chi connectivity index (χ3n) is 4.36. The molecule has 1 aliphatic rings. The van der Waals surface area contributed by atoms with Crippen LogP contribution >= 0.6 is 22.9 Å². The van der Waals surface area contributed by atoms with E-state index in [0.717, 1.165) is 24.5 Å². The van der Waals surface area contributed by atoms with Gasteiger partial charge in [-0.1, -0.05) is 23.7 Å². The number of nitrogens with one attached hydrogen (secondary N) is 2. The second-order valence-corrected chi connectivity index (χ2v) is 7.43. The summed E-state index contributed by atoms with van der Waals surface area (Å²) in [5.41, 5.74) is 2.59. The molecule has 128 valence electrons. The van der Waals surface area contributed by atoms with E-state index in [4.69, 9.17) is 11.6 Å². The van der Waals surface area contributed by atoms with Crippen molar-refractivity contribution in [3.05, 3.63) is 56.7 Å². The van der Waals surface area contributed by atoms with Crippen molar-refractivity contribution in [2.45, 2.75) is 19.0 Å². The number of carbonyl (C=O) groups is 1. The Kier molecular flexibility index (Phi) is 5.89. The smallest absolute Gasteiger partial charge is 0.234 e. The predicted molar refractivity (Wildman–Crippen MR) is 99.6 cm³/mol. The zero-order valence-corrected chi connectivity index (χ0v) is 15.3. The summed E-state index contributed by atoms with van der Waals surface area (Å²) in [5.74, 6) is 0.0182. The van der Waals surface area contributed by atoms with Gasteiger partial charge in [0.2, 0.25) is 5.91 Å². The molecule has 1 aromatic heterocycles. The summed E-state index contributed by atoms with van der Waals surface area (Å²) < 4.78 is 0. The van der Waals surface area contributed by atoms with Crippen LogP contribution in [0.3, 0.4) is 0 Å². The molecule has 1 amide bonds. The van der Waals surface area contributed by atoms with E-state index in [1.807, 2.05) is 23.5 Å². The molecule has 2 aromatic rings. The molecule has 4 nitrogen and oxygen atoms in total. The molecule has 0 fully saturated rings. The van der Waals surface area contributed by atoms with E-state index < -0.39 is 0 Å². The third-order valence-corrected chi connectivity index (χ3v) is 5.64. The van der Waals surface area contributed by atoms with Crippen LogP contribution in [0, 0.1) is 0 Å². The number of benzene rings is 1. The number of fused-ring (bicyclic) bond motifs is 1. The molecule has 0 radical (unpaired) electrons. The maximum atomic E-state index is 11.9. The van der Waals surface area contributed by atoms with Crippen molar-refractivity contribution in [1.82, 2.24) is 15.5 Å². The summed E-state index contributed by atoms with van der Waals surface area (Å²) in [6.07, 6.45) is 1.07. The van der Waals surface area contributed by atoms with Crippen LogP contribution in [0.5, 0.6) is 0 Å². The second kappa shape index (κ2) is 8.12. The molecule has 1 aliphatic heterocycles. The highest BCUT2D eigenvalue weighted by atomic mass is 35.5. The van der Waals surface area contributed by atoms with Gasteiger partial charge in [-0.3, -0.25) is 9.69 Å². The normalized spacial score (nSPS) is 15.8. The number of thiophene rings is 1. The van der Waals surface area contributed by atoms with E-state index in [1.54, 1.807) is 7.05 Å². The van der Waals surface area contributed by atoms with Crippen molar-refractivity contribution in [3.8, 4) is 0 Å². The lowest BCUT2D eigenvalue weighted by molar-refractivity contribution is -0.120. The Labute approximate surface area is 151 Å². The highest BCUT2D eigenvalue weighted by molar-refractivity contribution is 7.10. The van der Waals surface area contributed by atoms with Crippen molar-refractivity contribution in [2.75, 3.05) is 26.7 Å². The fraction of sp³-hybridized carbons (Fsp3) is 0.389. The van der Waals surface area contributed by atoms with E-state index in [-0.39, 0.29) is 11.9 Å². The minimum absolute atomic E-state index is 0.0182. The molecule has 3 rings (SSSR count). The Hall–Kier alpha value is -1.40. The Morgan fingerprint density at radius 2 is 2.12 bits per heavy atom. The predicted octanol–water partition coefficient (Wildman–Crippen LogP) is 2.84. The van der Waals surface area contributed by atoms with Crippen LogP contribution in [0.2, 0.25) is 5.02 Å². The summed E-state index contributed by atoms with van der Waals surface area (Å²) in [5, 5.41) is 8.82. The maximum Gasteiger partial charge on any atom is 0.234 e. The number of halogens is 1. The second-order valence-electron chi connectivity index (χ2n) is 5.99. The van der Waals surface area contributed by atoms with Crippen molar-refractivity contribution >= 4 is 28.8 Å². The average molecular weight is 364 g/mol. The van der Waals surface area contributed by atoms with Crippen molar-refractivity contribution in [3.63, 3.8) is 0 Å². The van der Waals surface area contributed by atoms with E-state index >= 15 is 0 Å². The lowest BCUT2D eigenvalue weighted by Gasteiger charge is -2.35. The molecule has 0 spiro atoms. The highest BCUT2D eigenvalue weighted by Crippen LogP contribution is 2.30. The Balaban J connectivity index is 1.76. The molecule has 2 heterocycles. The van der Waals surface area contributed by atoms with Crippen LogP contribution in [0.25, 0.3) is 0 Å². The number of carbonyl (C=O) groups excluding carboxylic acids is 1. The fourth-order valence-corrected chi connectivity index (χ4v) is 4.13. The minimum atomic E-state index is 0.0182. The van der Waals surface area contributed by atoms with Gasteiger partial charge in [0.15, 0.2) is 0 Å². The molecule has 24 heavy (non-hydrogen) atoms. The monoisotopic (exact) mass is 363 g/mol. The van der Waals surface area contributed by atoms with Gasteiger partial charge in [-0.05, 0) is 48.2 Å². The third kappa shape index (κ3) is 4.16. The lowest BCUT2D eigenvalue weighted by atomic mass is 10.0. The first-order chi connectivity index (χ1) is 11.7. The molecule has 0 saturated heterocycles. The van der Waals surface area contributed by atoms with Gasteiger partial charge in [0.25, 0.3) is 0 Å². The van der Waals surface area contributed by atoms with Crippen LogP contribution in [0.4, 0.5) is 0 Å². The topological polar surface area (TPSA) is 44.4 Å². The van der Waals surface area contributed by atoms with E-state index in [1.165, 1.54) is 16.0 Å². The first kappa shape index (κ1) is 17.4. The van der Waals surface area contributed by atoms with Crippen molar-refractivity contribution in [2.24, 2.45) is 0 Å². The number of hydrogen-bond acceptors (Lipinski definition) is 4. The van der Waals surface area contributed by atoms with Gasteiger partial charge < -0.3 is 10.6 Å². The number of hydrogen-bond donors (Lipinski definition) is 2. The fourth-order valence-electron chi connectivity index (χ4n) is 3.11. The number of nitrogens with zero attached hydrogens (tertiary/aromatic N) is 1. The summed E-state index contributed by atoms with van der Waals surface area (Å²) in [4.78, 5) is 15.8. The van der Waals surface area contributed by atoms with Crippen molar-refractivity contribution < 1.29 is 4.79 Å². The molecule has 0 bridgehead atoms. The van der Waals surface area contributed by atoms with Gasteiger partial charge in [-0.2, -0.15) is 0 Å². The van der Waals surface area contributed by atoms with Crippen LogP contribution in [-0.4, -0.2) is 37.5 Å². The van der Waals surface area contributed by atoms with Gasteiger partial charge in [-0.25, -0.2) is 0 Å². The summed E-state index contributed by atoms with van der Waals surface area (Å²) >= 11 is 7.87. The molecule has 0 aliphatic carbocycles. The summed E-state index contributed by atoms with van der Waals surface area (Å²) in [6, 6.07) is 10.3. The lowest BCUT2D eigenvalue weighted by Crippen LogP contribution is -2.42. The van der Waals surface area contributed by atoms with Crippen LogP contribution < -0.4 is 10.6 Å². The molecule has 1 atom stereocenters. The minimum Gasteiger partial charge on any atom is -0.353 e. The van der Waals surface area contributed by atoms with Crippen LogP contribution in [-0.2, 0) is 17.8 Å². The average Bonchev–Trinajstić information content (AvgIpc) is 3.04. The van der Waals surface area contributed by atoms with Crippen LogP contribution in [0.1, 0.15) is 22.0 Å². The van der Waals surface area contributed by atoms with Crippen molar-refractivity contribution in [1.29, 1.82) is 0 Å². The Morgan fingerprint density at radius 1 is 1.33 bits per heavy atom. The Bertz CT molecular complexity index is 686. The standard InChI is InChI=1S/C18H22ClN3OS/c1-20-11-18(23)21-10-16(13-2-4-15(19)5-3-13)22-8-6-17-14(12-22)7-9-24-17/h2-5,7,9,16,20H,6,8,10-12H2,1H3,(H,21,23). The number of rotatable bonds is 6. The van der Waals surface area contributed by atoms with E-state index in [0.29, 0.717) is 13.1 Å². The SMILES string of the molecule is CNCC(=O)NCC(c1ccc(Cl)cc1)N1CCc2sccc2C1. The molecule has 1 aromatic carbocycles. The first-order valence-corrected chi connectivity index (χ1v) is 9.39. The molecule has 6 heteroatoms. The van der Waals surface area contributed by atoms with Gasteiger partial charge in [0.1, 0.15) is 0 Å². The highest BCUT2D eigenvalue weighted by Gasteiger charge is 2.25. The van der Waals surface area contributed by atoms with Gasteiger partial charge >= 0.3 is 0 Å². The molecular weight excluding hydrogens is 342 g/mol. The molecular formula is C18H22ClN3OS. The van der Waals surface area contributed by atoms with Gasteiger partial charge in [0, 0.05) is 29.5 Å². The summed E-state index contributed by atoms with van der Waals surface area (Å²) in [6.45, 7) is 2.86. The molecule has 0 saturated carbocycles.